The van der Waals surface area contributed by atoms with Crippen molar-refractivity contribution in [3.05, 3.63) is 70.8 Å². The summed E-state index contributed by atoms with van der Waals surface area (Å²) >= 11 is 0. The molecule has 4 heteroatoms. The zero-order valence-electron chi connectivity index (χ0n) is 19.6. The Hall–Kier alpha value is -2.04. The molecule has 0 spiro atoms. The van der Waals surface area contributed by atoms with Gasteiger partial charge in [0.05, 0.1) is 9.71 Å². The van der Waals surface area contributed by atoms with Gasteiger partial charge in [0.1, 0.15) is 0 Å². The maximum Gasteiger partial charge on any atom is 0.0562 e. The van der Waals surface area contributed by atoms with Gasteiger partial charge in [-0.05, 0) is 80.4 Å². The monoisotopic (exact) mass is 426 g/mol. The fourth-order valence-corrected chi connectivity index (χ4v) is 5.69. The molecule has 1 fully saturated rings. The van der Waals surface area contributed by atoms with Crippen LogP contribution < -0.4 is 4.90 Å². The highest BCUT2D eigenvalue weighted by molar-refractivity contribution is 7.98. The highest BCUT2D eigenvalue weighted by Crippen LogP contribution is 2.26. The van der Waals surface area contributed by atoms with Crippen molar-refractivity contribution < 1.29 is 4.21 Å². The minimum Gasteiger partial charge on any atom is -0.369 e. The Labute approximate surface area is 184 Å². The lowest BCUT2D eigenvalue weighted by molar-refractivity contribution is 0.408. The lowest BCUT2D eigenvalue weighted by Gasteiger charge is -2.38. The second-order valence-corrected chi connectivity index (χ2v) is 10.3. The molecular weight excluding hydrogens is 388 g/mol. The van der Waals surface area contributed by atoms with Crippen LogP contribution in [0.4, 0.5) is 5.69 Å². The standard InChI is InChI=1S/C24H32N2OS.C2H6/c1-18(2)15-22-9-7-20(4)24(17-22)28(6,27)26-13-11-25(12-14-26)23-10-8-19(3)21(5)16-23;1-2/h7-10,16-17H,1,6,11-15H2,2-5H3;1-2H3. The van der Waals surface area contributed by atoms with Crippen LogP contribution in [0.25, 0.3) is 0 Å². The first-order chi connectivity index (χ1) is 14.2. The maximum absolute atomic E-state index is 13.7. The van der Waals surface area contributed by atoms with Crippen molar-refractivity contribution in [2.45, 2.75) is 52.9 Å². The van der Waals surface area contributed by atoms with Crippen LogP contribution in [0, 0.1) is 20.8 Å². The molecule has 0 aromatic heterocycles. The van der Waals surface area contributed by atoms with Gasteiger partial charge in [0.2, 0.25) is 0 Å². The third-order valence-corrected chi connectivity index (χ3v) is 7.94. The number of allylic oxidation sites excluding steroid dienone is 1. The fourth-order valence-electron chi connectivity index (χ4n) is 3.75. The molecule has 0 aliphatic carbocycles. The largest absolute Gasteiger partial charge is 0.369 e. The van der Waals surface area contributed by atoms with E-state index in [2.05, 4.69) is 71.9 Å². The second-order valence-electron chi connectivity index (χ2n) is 8.06. The molecule has 1 aliphatic heterocycles. The van der Waals surface area contributed by atoms with Crippen LogP contribution in [-0.2, 0) is 16.1 Å². The number of hydrogen-bond acceptors (Lipinski definition) is 2. The molecule has 1 saturated heterocycles. The van der Waals surface area contributed by atoms with E-state index in [1.54, 1.807) is 0 Å². The Kier molecular flexibility index (Phi) is 8.34. The van der Waals surface area contributed by atoms with E-state index in [-0.39, 0.29) is 0 Å². The summed E-state index contributed by atoms with van der Waals surface area (Å²) in [6.45, 7) is 19.6. The second kappa shape index (κ2) is 10.3. The Bertz CT molecular complexity index is 984. The third kappa shape index (κ3) is 5.55. The molecule has 0 amide bonds. The first kappa shape index (κ1) is 24.2. The van der Waals surface area contributed by atoms with Crippen LogP contribution in [0.2, 0.25) is 0 Å². The Morgan fingerprint density at radius 1 is 0.933 bits per heavy atom. The third-order valence-electron chi connectivity index (χ3n) is 5.61. The van der Waals surface area contributed by atoms with Crippen molar-refractivity contribution in [3.8, 4) is 0 Å². The summed E-state index contributed by atoms with van der Waals surface area (Å²) in [6, 6.07) is 12.8. The molecule has 1 atom stereocenters. The van der Waals surface area contributed by atoms with Gasteiger partial charge in [-0.3, -0.25) is 0 Å². The lowest BCUT2D eigenvalue weighted by Crippen LogP contribution is -2.48. The number of piperazine rings is 1. The summed E-state index contributed by atoms with van der Waals surface area (Å²) < 4.78 is 15.8. The average Bonchev–Trinajstić information content (AvgIpc) is 2.72. The predicted molar refractivity (Wildman–Crippen MR) is 134 cm³/mol. The lowest BCUT2D eigenvalue weighted by atomic mass is 10.1. The normalized spacial score (nSPS) is 16.4. The Morgan fingerprint density at radius 2 is 1.53 bits per heavy atom. The van der Waals surface area contributed by atoms with Gasteiger partial charge in [-0.1, -0.05) is 44.2 Å². The summed E-state index contributed by atoms with van der Waals surface area (Å²) in [6.07, 6.45) is 0.809. The van der Waals surface area contributed by atoms with Crippen molar-refractivity contribution in [2.75, 3.05) is 31.1 Å². The van der Waals surface area contributed by atoms with Crippen molar-refractivity contribution in [3.63, 3.8) is 0 Å². The molecule has 3 rings (SSSR count). The minimum absolute atomic E-state index is 0.749. The molecule has 1 aliphatic rings. The molecule has 1 heterocycles. The van der Waals surface area contributed by atoms with Gasteiger partial charge in [0, 0.05) is 36.8 Å². The number of aryl methyl sites for hydroxylation is 3. The van der Waals surface area contributed by atoms with E-state index in [1.165, 1.54) is 16.8 Å². The van der Waals surface area contributed by atoms with E-state index in [9.17, 15) is 4.21 Å². The molecule has 1 unspecified atom stereocenters. The number of nitrogens with zero attached hydrogens (tertiary/aromatic N) is 2. The number of benzene rings is 2. The molecule has 2 aromatic carbocycles. The number of hydrogen-bond donors (Lipinski definition) is 0. The molecular formula is C26H38N2OS. The van der Waals surface area contributed by atoms with Crippen LogP contribution in [0.1, 0.15) is 43.0 Å². The van der Waals surface area contributed by atoms with Gasteiger partial charge in [-0.2, -0.15) is 0 Å². The quantitative estimate of drug-likeness (QED) is 0.461. The summed E-state index contributed by atoms with van der Waals surface area (Å²) in [4.78, 5) is 3.24. The van der Waals surface area contributed by atoms with Gasteiger partial charge < -0.3 is 4.90 Å². The molecule has 30 heavy (non-hydrogen) atoms. The van der Waals surface area contributed by atoms with E-state index in [4.69, 9.17) is 0 Å². The Morgan fingerprint density at radius 3 is 2.10 bits per heavy atom. The van der Waals surface area contributed by atoms with Crippen LogP contribution in [0.5, 0.6) is 0 Å². The average molecular weight is 427 g/mol. The van der Waals surface area contributed by atoms with E-state index in [0.717, 1.165) is 54.2 Å². The summed E-state index contributed by atoms with van der Waals surface area (Å²) in [5, 5.41) is 0. The van der Waals surface area contributed by atoms with Crippen molar-refractivity contribution >= 4 is 21.3 Å². The number of anilines is 1. The zero-order valence-corrected chi connectivity index (χ0v) is 20.4. The minimum atomic E-state index is -2.49. The molecule has 164 valence electrons. The first-order valence-corrected chi connectivity index (χ1v) is 12.6. The topological polar surface area (TPSA) is 23.6 Å². The highest BCUT2D eigenvalue weighted by atomic mass is 32.2. The van der Waals surface area contributed by atoms with Crippen molar-refractivity contribution in [1.29, 1.82) is 0 Å². The molecule has 0 N–H and O–H groups in total. The molecule has 0 radical (unpaired) electrons. The molecule has 0 saturated carbocycles. The first-order valence-electron chi connectivity index (χ1n) is 10.9. The van der Waals surface area contributed by atoms with Gasteiger partial charge >= 0.3 is 0 Å². The van der Waals surface area contributed by atoms with E-state index >= 15 is 0 Å². The summed E-state index contributed by atoms with van der Waals surface area (Å²) in [7, 11) is -2.49. The van der Waals surface area contributed by atoms with Crippen molar-refractivity contribution in [1.82, 2.24) is 4.31 Å². The highest BCUT2D eigenvalue weighted by Gasteiger charge is 2.25. The molecule has 3 nitrogen and oxygen atoms in total. The van der Waals surface area contributed by atoms with Crippen molar-refractivity contribution in [2.24, 2.45) is 0 Å². The Balaban J connectivity index is 0.00000155. The maximum atomic E-state index is 13.7. The fraction of sp³-hybridized carbons (Fsp3) is 0.423. The van der Waals surface area contributed by atoms with Crippen LogP contribution in [-0.4, -0.2) is 40.6 Å². The van der Waals surface area contributed by atoms with Gasteiger partial charge in [0.25, 0.3) is 0 Å². The molecule has 0 bridgehead atoms. The smallest absolute Gasteiger partial charge is 0.0562 e. The van der Waals surface area contributed by atoms with E-state index in [1.807, 2.05) is 27.7 Å². The number of rotatable bonds is 5. The van der Waals surface area contributed by atoms with Gasteiger partial charge in [-0.15, -0.1) is 0 Å². The predicted octanol–water partition coefficient (Wildman–Crippen LogP) is 5.57. The van der Waals surface area contributed by atoms with Crippen LogP contribution >= 0.6 is 0 Å². The van der Waals surface area contributed by atoms with Crippen LogP contribution in [0.15, 0.2) is 53.4 Å². The SMILES string of the molecule is C=C(C)Cc1ccc(C)c(S(=C)(=O)N2CCN(c3ccc(C)c(C)c3)CC2)c1.CC. The molecule has 2 aromatic rings. The zero-order chi connectivity index (χ0) is 22.5. The summed E-state index contributed by atoms with van der Waals surface area (Å²) in [5.41, 5.74) is 7.17. The summed E-state index contributed by atoms with van der Waals surface area (Å²) in [5.74, 6) is 4.18. The van der Waals surface area contributed by atoms with Gasteiger partial charge in [-0.25, -0.2) is 8.51 Å². The van der Waals surface area contributed by atoms with Crippen LogP contribution in [0.3, 0.4) is 0 Å². The van der Waals surface area contributed by atoms with Gasteiger partial charge in [0.15, 0.2) is 0 Å². The van der Waals surface area contributed by atoms with E-state index < -0.39 is 9.71 Å². The van der Waals surface area contributed by atoms with E-state index in [0.29, 0.717) is 0 Å².